The van der Waals surface area contributed by atoms with Crippen LogP contribution in [0.25, 0.3) is 21.9 Å². The standard InChI is InChI=1S/C23H27N5.C2H6/c1-3-5-15-20-26-21-22(28(20)16-17-11-7-6-8-12-17)18-13-9-10-14-19(18)25-23(21)27-24-4-2;1-2/h6-14,24H,3-5,15-16H2,1-2H3,(H,25,27);1-2H3. The molecule has 158 valence electrons. The predicted molar refractivity (Wildman–Crippen MR) is 128 cm³/mol. The van der Waals surface area contributed by atoms with Crippen LogP contribution in [0.1, 0.15) is 51.9 Å². The van der Waals surface area contributed by atoms with E-state index in [-0.39, 0.29) is 0 Å². The normalized spacial score (nSPS) is 10.8. The van der Waals surface area contributed by atoms with Gasteiger partial charge in [0.2, 0.25) is 0 Å². The fourth-order valence-electron chi connectivity index (χ4n) is 3.60. The first-order valence-electron chi connectivity index (χ1n) is 11.1. The molecule has 2 aromatic carbocycles. The van der Waals surface area contributed by atoms with Gasteiger partial charge in [0.05, 0.1) is 11.0 Å². The minimum atomic E-state index is 0.792. The molecule has 2 aromatic heterocycles. The molecule has 0 spiro atoms. The topological polar surface area (TPSA) is 54.8 Å². The van der Waals surface area contributed by atoms with Crippen LogP contribution >= 0.6 is 0 Å². The van der Waals surface area contributed by atoms with Gasteiger partial charge in [0.1, 0.15) is 11.3 Å². The number of aromatic nitrogens is 3. The number of unbranched alkanes of at least 4 members (excludes halogenated alkanes) is 1. The molecule has 0 saturated heterocycles. The summed E-state index contributed by atoms with van der Waals surface area (Å²) in [6.45, 7) is 9.90. The molecular weight excluding hydrogens is 370 g/mol. The maximum absolute atomic E-state index is 5.05. The van der Waals surface area contributed by atoms with E-state index in [1.54, 1.807) is 0 Å². The molecule has 2 heterocycles. The predicted octanol–water partition coefficient (Wildman–Crippen LogP) is 5.94. The van der Waals surface area contributed by atoms with E-state index in [0.29, 0.717) is 0 Å². The molecule has 0 fully saturated rings. The van der Waals surface area contributed by atoms with Crippen LogP contribution in [-0.2, 0) is 13.0 Å². The molecule has 0 radical (unpaired) electrons. The second-order valence-corrected chi connectivity index (χ2v) is 7.03. The maximum Gasteiger partial charge on any atom is 0.169 e. The highest BCUT2D eigenvalue weighted by atomic mass is 15.4. The molecule has 0 aliphatic carbocycles. The van der Waals surface area contributed by atoms with Crippen molar-refractivity contribution in [1.82, 2.24) is 20.0 Å². The van der Waals surface area contributed by atoms with E-state index in [0.717, 1.165) is 65.9 Å². The van der Waals surface area contributed by atoms with Gasteiger partial charge in [0.15, 0.2) is 5.82 Å². The smallest absolute Gasteiger partial charge is 0.169 e. The molecule has 0 aliphatic rings. The summed E-state index contributed by atoms with van der Waals surface area (Å²) >= 11 is 0. The average molecular weight is 404 g/mol. The fraction of sp³-hybridized carbons (Fsp3) is 0.360. The Morgan fingerprint density at radius 3 is 2.37 bits per heavy atom. The second kappa shape index (κ2) is 10.7. The lowest BCUT2D eigenvalue weighted by Gasteiger charge is -2.12. The molecule has 0 aliphatic heterocycles. The van der Waals surface area contributed by atoms with E-state index in [9.17, 15) is 0 Å². The minimum absolute atomic E-state index is 0.792. The van der Waals surface area contributed by atoms with Crippen LogP contribution in [0.4, 0.5) is 5.82 Å². The summed E-state index contributed by atoms with van der Waals surface area (Å²) in [4.78, 5) is 9.88. The highest BCUT2D eigenvalue weighted by Crippen LogP contribution is 2.31. The van der Waals surface area contributed by atoms with Gasteiger partial charge in [-0.3, -0.25) is 0 Å². The summed E-state index contributed by atoms with van der Waals surface area (Å²) in [6, 6.07) is 18.9. The lowest BCUT2D eigenvalue weighted by Crippen LogP contribution is -2.21. The van der Waals surface area contributed by atoms with Gasteiger partial charge in [-0.15, -0.1) is 0 Å². The van der Waals surface area contributed by atoms with Gasteiger partial charge in [0, 0.05) is 24.9 Å². The number of hydrogen-bond acceptors (Lipinski definition) is 4. The number of anilines is 1. The highest BCUT2D eigenvalue weighted by Gasteiger charge is 2.18. The number of benzene rings is 2. The van der Waals surface area contributed by atoms with E-state index in [1.165, 1.54) is 5.56 Å². The number of hydrazine groups is 1. The number of hydrogen-bond donors (Lipinski definition) is 2. The number of imidazole rings is 1. The Bertz CT molecular complexity index is 1070. The molecule has 0 bridgehead atoms. The summed E-state index contributed by atoms with van der Waals surface area (Å²) < 4.78 is 2.38. The van der Waals surface area contributed by atoms with Crippen LogP contribution in [0, 0.1) is 0 Å². The van der Waals surface area contributed by atoms with Gasteiger partial charge < -0.3 is 9.99 Å². The van der Waals surface area contributed by atoms with Crippen molar-refractivity contribution in [2.45, 2.75) is 53.5 Å². The van der Waals surface area contributed by atoms with Crippen molar-refractivity contribution in [1.29, 1.82) is 0 Å². The van der Waals surface area contributed by atoms with Crippen LogP contribution in [0.2, 0.25) is 0 Å². The Kier molecular flexibility index (Phi) is 7.80. The molecule has 5 nitrogen and oxygen atoms in total. The van der Waals surface area contributed by atoms with Crippen molar-refractivity contribution < 1.29 is 0 Å². The zero-order valence-corrected chi connectivity index (χ0v) is 18.6. The van der Waals surface area contributed by atoms with Crippen LogP contribution in [0.3, 0.4) is 0 Å². The van der Waals surface area contributed by atoms with Gasteiger partial charge in [-0.05, 0) is 18.1 Å². The van der Waals surface area contributed by atoms with E-state index in [4.69, 9.17) is 9.97 Å². The monoisotopic (exact) mass is 403 g/mol. The average Bonchev–Trinajstić information content (AvgIpc) is 3.16. The van der Waals surface area contributed by atoms with Gasteiger partial charge in [-0.25, -0.2) is 15.4 Å². The van der Waals surface area contributed by atoms with Crippen LogP contribution in [0.5, 0.6) is 0 Å². The van der Waals surface area contributed by atoms with E-state index < -0.39 is 0 Å². The zero-order valence-electron chi connectivity index (χ0n) is 18.6. The Morgan fingerprint density at radius 2 is 1.63 bits per heavy atom. The van der Waals surface area contributed by atoms with Crippen molar-refractivity contribution in [3.05, 3.63) is 66.0 Å². The number of nitrogens with zero attached hydrogens (tertiary/aromatic N) is 3. The molecule has 0 unspecified atom stereocenters. The first-order valence-corrected chi connectivity index (χ1v) is 11.1. The lowest BCUT2D eigenvalue weighted by atomic mass is 10.1. The van der Waals surface area contributed by atoms with Gasteiger partial charge >= 0.3 is 0 Å². The molecule has 0 saturated carbocycles. The van der Waals surface area contributed by atoms with E-state index in [1.807, 2.05) is 19.9 Å². The SMILES string of the molecule is CC.CCCCc1nc2c(NNCC)nc3ccccc3c2n1Cc1ccccc1. The highest BCUT2D eigenvalue weighted by molar-refractivity contribution is 6.07. The molecule has 0 amide bonds. The van der Waals surface area contributed by atoms with Crippen LogP contribution in [0.15, 0.2) is 54.6 Å². The third kappa shape index (κ3) is 4.62. The summed E-state index contributed by atoms with van der Waals surface area (Å²) in [6.07, 6.45) is 3.24. The van der Waals surface area contributed by atoms with Crippen LogP contribution in [-0.4, -0.2) is 21.1 Å². The van der Waals surface area contributed by atoms with Crippen molar-refractivity contribution in [3.63, 3.8) is 0 Å². The first-order chi connectivity index (χ1) is 14.8. The summed E-state index contributed by atoms with van der Waals surface area (Å²) in [5.74, 6) is 1.92. The largest absolute Gasteiger partial charge is 0.323 e. The molecule has 5 heteroatoms. The van der Waals surface area contributed by atoms with Crippen molar-refractivity contribution in [2.75, 3.05) is 12.0 Å². The summed E-state index contributed by atoms with van der Waals surface area (Å²) in [5, 5.41) is 1.14. The van der Waals surface area contributed by atoms with Gasteiger partial charge in [-0.2, -0.15) is 0 Å². The Hall–Kier alpha value is -2.92. The molecular formula is C25H33N5. The quantitative estimate of drug-likeness (QED) is 0.358. The minimum Gasteiger partial charge on any atom is -0.323 e. The van der Waals surface area contributed by atoms with Gasteiger partial charge in [0.25, 0.3) is 0 Å². The van der Waals surface area contributed by atoms with Gasteiger partial charge in [-0.1, -0.05) is 82.6 Å². The number of rotatable bonds is 8. The first kappa shape index (κ1) is 21.8. The maximum atomic E-state index is 5.05. The molecule has 2 N–H and O–H groups in total. The van der Waals surface area contributed by atoms with Crippen molar-refractivity contribution in [3.8, 4) is 0 Å². The molecule has 4 rings (SSSR count). The number of para-hydroxylation sites is 1. The number of pyridine rings is 1. The molecule has 30 heavy (non-hydrogen) atoms. The van der Waals surface area contributed by atoms with Crippen molar-refractivity contribution >= 4 is 27.8 Å². The third-order valence-electron chi connectivity index (χ3n) is 4.98. The zero-order chi connectivity index (χ0) is 21.3. The Morgan fingerprint density at radius 1 is 0.900 bits per heavy atom. The summed E-state index contributed by atoms with van der Waals surface area (Å²) in [7, 11) is 0. The number of nitrogens with one attached hydrogen (secondary N) is 2. The number of fused-ring (bicyclic) bond motifs is 3. The Balaban J connectivity index is 0.00000124. The van der Waals surface area contributed by atoms with Crippen molar-refractivity contribution in [2.24, 2.45) is 0 Å². The fourth-order valence-corrected chi connectivity index (χ4v) is 3.60. The molecule has 4 aromatic rings. The Labute approximate surface area is 179 Å². The second-order valence-electron chi connectivity index (χ2n) is 7.03. The third-order valence-corrected chi connectivity index (χ3v) is 4.98. The van der Waals surface area contributed by atoms with E-state index >= 15 is 0 Å². The number of aryl methyl sites for hydroxylation is 1. The molecule has 0 atom stereocenters. The summed E-state index contributed by atoms with van der Waals surface area (Å²) in [5.41, 5.74) is 10.8. The lowest BCUT2D eigenvalue weighted by molar-refractivity contribution is 0.690. The van der Waals surface area contributed by atoms with E-state index in [2.05, 4.69) is 77.8 Å². The van der Waals surface area contributed by atoms with Crippen LogP contribution < -0.4 is 10.9 Å².